The Morgan fingerprint density at radius 1 is 1.13 bits per heavy atom. The van der Waals surface area contributed by atoms with E-state index in [0.29, 0.717) is 10.7 Å². The van der Waals surface area contributed by atoms with Crippen molar-refractivity contribution in [2.75, 3.05) is 12.4 Å². The van der Waals surface area contributed by atoms with Crippen LogP contribution in [0.1, 0.15) is 40.7 Å². The summed E-state index contributed by atoms with van der Waals surface area (Å²) in [7, 11) is 1.77. The summed E-state index contributed by atoms with van der Waals surface area (Å²) in [6.07, 6.45) is 2.78. The van der Waals surface area contributed by atoms with E-state index in [1.807, 2.05) is 26.0 Å². The minimum absolute atomic E-state index is 0.00770. The van der Waals surface area contributed by atoms with E-state index in [9.17, 15) is 14.9 Å². The maximum atomic E-state index is 12.9. The average Bonchev–Trinajstić information content (AvgIpc) is 3.13. The van der Waals surface area contributed by atoms with Crippen LogP contribution in [0.5, 0.6) is 0 Å². The minimum Gasteiger partial charge on any atom is -0.358 e. The molecular weight excluding hydrogens is 400 g/mol. The number of nitrogens with zero attached hydrogens (tertiary/aromatic N) is 2. The molecule has 0 saturated heterocycles. The highest BCUT2D eigenvalue weighted by atomic mass is 32.1. The van der Waals surface area contributed by atoms with Gasteiger partial charge >= 0.3 is 0 Å². The van der Waals surface area contributed by atoms with Crippen molar-refractivity contribution >= 4 is 34.6 Å². The van der Waals surface area contributed by atoms with Crippen LogP contribution < -0.4 is 10.6 Å². The summed E-state index contributed by atoms with van der Waals surface area (Å²) in [6.45, 7) is 4.08. The zero-order chi connectivity index (χ0) is 21.8. The monoisotopic (exact) mass is 426 g/mol. The van der Waals surface area contributed by atoms with Crippen molar-refractivity contribution in [1.82, 2.24) is 10.2 Å². The molecule has 0 radical (unpaired) electrons. The van der Waals surface area contributed by atoms with Gasteiger partial charge in [0.15, 0.2) is 5.11 Å². The van der Waals surface area contributed by atoms with E-state index < -0.39 is 4.92 Å². The summed E-state index contributed by atoms with van der Waals surface area (Å²) >= 11 is 5.51. The number of anilines is 1. The Hall–Kier alpha value is -3.00. The zero-order valence-electron chi connectivity index (χ0n) is 17.3. The third-order valence-electron chi connectivity index (χ3n) is 5.42. The fraction of sp³-hybridized carbons (Fsp3) is 0.364. The topological polar surface area (TPSA) is 87.5 Å². The van der Waals surface area contributed by atoms with E-state index in [1.165, 1.54) is 24.3 Å². The number of likely N-dealkylation sites (N-methyl/N-ethyl adjacent to an activating group) is 1. The smallest absolute Gasteiger partial charge is 0.269 e. The van der Waals surface area contributed by atoms with Crippen LogP contribution >= 0.6 is 12.2 Å². The van der Waals surface area contributed by atoms with Crippen LogP contribution in [0.2, 0.25) is 0 Å². The van der Waals surface area contributed by atoms with Gasteiger partial charge in [0, 0.05) is 36.5 Å². The van der Waals surface area contributed by atoms with Crippen LogP contribution in [-0.2, 0) is 0 Å². The van der Waals surface area contributed by atoms with Crippen LogP contribution in [-0.4, -0.2) is 40.0 Å². The van der Waals surface area contributed by atoms with Gasteiger partial charge in [-0.05, 0) is 80.7 Å². The molecule has 158 valence electrons. The van der Waals surface area contributed by atoms with Gasteiger partial charge < -0.3 is 15.5 Å². The van der Waals surface area contributed by atoms with Gasteiger partial charge in [-0.3, -0.25) is 14.9 Å². The van der Waals surface area contributed by atoms with Gasteiger partial charge in [0.2, 0.25) is 0 Å². The van der Waals surface area contributed by atoms with Gasteiger partial charge in [0.1, 0.15) is 0 Å². The molecule has 1 saturated carbocycles. The Morgan fingerprint density at radius 3 is 2.37 bits per heavy atom. The molecule has 1 amide bonds. The number of nitro benzene ring substituents is 1. The van der Waals surface area contributed by atoms with Gasteiger partial charge in [-0.1, -0.05) is 6.07 Å². The molecule has 0 spiro atoms. The van der Waals surface area contributed by atoms with E-state index in [0.717, 1.165) is 36.1 Å². The molecule has 7 nitrogen and oxygen atoms in total. The van der Waals surface area contributed by atoms with Gasteiger partial charge in [-0.25, -0.2) is 0 Å². The standard InChI is InChI=1S/C22H26N4O3S/c1-14-11-15(2)13-17(12-14)23-22(30)24-19-5-4-6-20(19)25(3)21(27)16-7-9-18(10-8-16)26(28)29/h7-13,19-20H,4-6H2,1-3H3,(H2,23,24,30). The van der Waals surface area contributed by atoms with Crippen molar-refractivity contribution in [3.63, 3.8) is 0 Å². The molecule has 2 unspecified atom stereocenters. The quantitative estimate of drug-likeness (QED) is 0.423. The van der Waals surface area contributed by atoms with Gasteiger partial charge in [0.25, 0.3) is 11.6 Å². The Morgan fingerprint density at radius 2 is 1.77 bits per heavy atom. The van der Waals surface area contributed by atoms with Crippen LogP contribution in [0.25, 0.3) is 0 Å². The Labute approximate surface area is 181 Å². The van der Waals surface area contributed by atoms with Crippen molar-refractivity contribution in [3.05, 3.63) is 69.3 Å². The minimum atomic E-state index is -0.474. The van der Waals surface area contributed by atoms with Crippen molar-refractivity contribution in [3.8, 4) is 0 Å². The molecule has 0 bridgehead atoms. The van der Waals surface area contributed by atoms with Crippen LogP contribution in [0.15, 0.2) is 42.5 Å². The summed E-state index contributed by atoms with van der Waals surface area (Å²) in [5.41, 5.74) is 3.66. The molecular formula is C22H26N4O3S. The first kappa shape index (κ1) is 21.7. The average molecular weight is 427 g/mol. The highest BCUT2D eigenvalue weighted by Gasteiger charge is 2.33. The molecule has 3 rings (SSSR count). The maximum absolute atomic E-state index is 12.9. The van der Waals surface area contributed by atoms with Gasteiger partial charge in [0.05, 0.1) is 11.0 Å². The van der Waals surface area contributed by atoms with Crippen molar-refractivity contribution in [2.45, 2.75) is 45.2 Å². The number of carbonyl (C=O) groups excluding carboxylic acids is 1. The van der Waals surface area contributed by atoms with Crippen LogP contribution in [0.3, 0.4) is 0 Å². The van der Waals surface area contributed by atoms with E-state index in [1.54, 1.807) is 11.9 Å². The molecule has 8 heteroatoms. The number of nitrogens with one attached hydrogen (secondary N) is 2. The largest absolute Gasteiger partial charge is 0.358 e. The number of nitro groups is 1. The number of amides is 1. The maximum Gasteiger partial charge on any atom is 0.269 e. The zero-order valence-corrected chi connectivity index (χ0v) is 18.2. The van der Waals surface area contributed by atoms with E-state index in [2.05, 4.69) is 16.7 Å². The molecule has 1 aliphatic rings. The third kappa shape index (κ3) is 5.13. The molecule has 0 aromatic heterocycles. The molecule has 2 aromatic rings. The van der Waals surface area contributed by atoms with Gasteiger partial charge in [-0.2, -0.15) is 0 Å². The first-order chi connectivity index (χ1) is 14.2. The SMILES string of the molecule is Cc1cc(C)cc(NC(=S)NC2CCCC2N(C)C(=O)c2ccc([N+](=O)[O-])cc2)c1. The predicted molar refractivity (Wildman–Crippen MR) is 122 cm³/mol. The molecule has 1 aliphatic carbocycles. The number of non-ortho nitro benzene ring substituents is 1. The fourth-order valence-corrected chi connectivity index (χ4v) is 4.30. The summed E-state index contributed by atoms with van der Waals surface area (Å²) in [5.74, 6) is -0.156. The van der Waals surface area contributed by atoms with Crippen molar-refractivity contribution < 1.29 is 9.72 Å². The van der Waals surface area contributed by atoms with E-state index >= 15 is 0 Å². The van der Waals surface area contributed by atoms with E-state index in [4.69, 9.17) is 12.2 Å². The Balaban J connectivity index is 1.64. The summed E-state index contributed by atoms with van der Waals surface area (Å²) in [5, 5.41) is 18.0. The predicted octanol–water partition coefficient (Wildman–Crippen LogP) is 4.19. The fourth-order valence-electron chi connectivity index (χ4n) is 4.03. The third-order valence-corrected chi connectivity index (χ3v) is 5.64. The number of hydrogen-bond acceptors (Lipinski definition) is 4. The first-order valence-corrected chi connectivity index (χ1v) is 10.3. The molecule has 2 atom stereocenters. The highest BCUT2D eigenvalue weighted by Crippen LogP contribution is 2.25. The van der Waals surface area contributed by atoms with Crippen LogP contribution in [0, 0.1) is 24.0 Å². The van der Waals surface area contributed by atoms with Gasteiger partial charge in [-0.15, -0.1) is 0 Å². The number of rotatable bonds is 5. The number of carbonyl (C=O) groups is 1. The lowest BCUT2D eigenvalue weighted by atomic mass is 10.1. The molecule has 1 fully saturated rings. The second kappa shape index (κ2) is 9.21. The Kier molecular flexibility index (Phi) is 6.66. The van der Waals surface area contributed by atoms with Crippen molar-refractivity contribution in [2.24, 2.45) is 0 Å². The van der Waals surface area contributed by atoms with E-state index in [-0.39, 0.29) is 23.7 Å². The normalized spacial score (nSPS) is 18.0. The molecule has 2 N–H and O–H groups in total. The summed E-state index contributed by atoms with van der Waals surface area (Å²) in [6, 6.07) is 11.9. The summed E-state index contributed by atoms with van der Waals surface area (Å²) in [4.78, 5) is 25.0. The molecule has 2 aromatic carbocycles. The second-order valence-corrected chi connectivity index (χ2v) is 8.21. The molecule has 0 heterocycles. The lowest BCUT2D eigenvalue weighted by Gasteiger charge is -2.31. The number of aryl methyl sites for hydroxylation is 2. The number of thiocarbonyl (C=S) groups is 1. The lowest BCUT2D eigenvalue weighted by molar-refractivity contribution is -0.384. The molecule has 0 aliphatic heterocycles. The number of benzene rings is 2. The van der Waals surface area contributed by atoms with Crippen molar-refractivity contribution in [1.29, 1.82) is 0 Å². The highest BCUT2D eigenvalue weighted by molar-refractivity contribution is 7.80. The number of hydrogen-bond donors (Lipinski definition) is 2. The second-order valence-electron chi connectivity index (χ2n) is 7.80. The van der Waals surface area contributed by atoms with Crippen LogP contribution in [0.4, 0.5) is 11.4 Å². The first-order valence-electron chi connectivity index (χ1n) is 9.92. The Bertz CT molecular complexity index is 941. The lowest BCUT2D eigenvalue weighted by Crippen LogP contribution is -2.50. The molecule has 30 heavy (non-hydrogen) atoms. The summed E-state index contributed by atoms with van der Waals surface area (Å²) < 4.78 is 0.